The van der Waals surface area contributed by atoms with Gasteiger partial charge in [0.2, 0.25) is 5.96 Å². The van der Waals surface area contributed by atoms with Crippen LogP contribution in [0.1, 0.15) is 16.8 Å². The summed E-state index contributed by atoms with van der Waals surface area (Å²) in [6, 6.07) is 14.6. The van der Waals surface area contributed by atoms with Crippen molar-refractivity contribution in [2.45, 2.75) is 6.54 Å². The topological polar surface area (TPSA) is 103 Å². The van der Waals surface area contributed by atoms with E-state index in [2.05, 4.69) is 25.6 Å². The predicted octanol–water partition coefficient (Wildman–Crippen LogP) is 2.77. The SMILES string of the molecule is N#Cc1cnc2ccc(/C=C3\NC(=NCc4ccccc4Cl)NC3=O)nc2c1. The van der Waals surface area contributed by atoms with E-state index in [4.69, 9.17) is 16.9 Å². The highest BCUT2D eigenvalue weighted by Crippen LogP contribution is 2.16. The molecule has 4 rings (SSSR count). The van der Waals surface area contributed by atoms with Crippen LogP contribution in [0.3, 0.4) is 0 Å². The number of nitrogens with one attached hydrogen (secondary N) is 2. The van der Waals surface area contributed by atoms with Crippen LogP contribution in [0.25, 0.3) is 17.1 Å². The molecule has 1 amide bonds. The number of halogens is 1. The minimum Gasteiger partial charge on any atom is -0.321 e. The first kappa shape index (κ1) is 17.6. The van der Waals surface area contributed by atoms with Crippen molar-refractivity contribution >= 4 is 40.6 Å². The summed E-state index contributed by atoms with van der Waals surface area (Å²) < 4.78 is 0. The number of pyridine rings is 2. The van der Waals surface area contributed by atoms with Crippen molar-refractivity contribution in [2.75, 3.05) is 0 Å². The molecule has 1 aromatic carbocycles. The Balaban J connectivity index is 1.56. The average Bonchev–Trinajstić information content (AvgIpc) is 3.06. The van der Waals surface area contributed by atoms with E-state index in [-0.39, 0.29) is 5.91 Å². The molecule has 0 unspecified atom stereocenters. The van der Waals surface area contributed by atoms with Gasteiger partial charge in [-0.05, 0) is 35.9 Å². The first-order valence-electron chi connectivity index (χ1n) is 8.37. The largest absolute Gasteiger partial charge is 0.321 e. The van der Waals surface area contributed by atoms with Gasteiger partial charge in [0.05, 0.1) is 28.8 Å². The Morgan fingerprint density at radius 2 is 2.04 bits per heavy atom. The van der Waals surface area contributed by atoms with E-state index in [0.717, 1.165) is 5.56 Å². The lowest BCUT2D eigenvalue weighted by molar-refractivity contribution is -0.115. The van der Waals surface area contributed by atoms with Gasteiger partial charge in [0.1, 0.15) is 11.8 Å². The van der Waals surface area contributed by atoms with Gasteiger partial charge in [-0.2, -0.15) is 5.26 Å². The number of hydrogen-bond acceptors (Lipinski definition) is 5. The number of rotatable bonds is 3. The second-order valence-corrected chi connectivity index (χ2v) is 6.41. The number of hydrogen-bond donors (Lipinski definition) is 2. The molecule has 2 aromatic heterocycles. The predicted molar refractivity (Wildman–Crippen MR) is 106 cm³/mol. The molecular formula is C20H13ClN6O. The number of carbonyl (C=O) groups is 1. The van der Waals surface area contributed by atoms with Crippen molar-refractivity contribution in [3.05, 3.63) is 76.2 Å². The molecule has 1 aliphatic heterocycles. The van der Waals surface area contributed by atoms with Gasteiger partial charge < -0.3 is 5.32 Å². The van der Waals surface area contributed by atoms with Crippen LogP contribution in [-0.4, -0.2) is 21.8 Å². The maximum atomic E-state index is 12.2. The number of benzene rings is 1. The van der Waals surface area contributed by atoms with Crippen LogP contribution >= 0.6 is 11.6 Å². The lowest BCUT2D eigenvalue weighted by Crippen LogP contribution is -2.25. The molecule has 0 aliphatic carbocycles. The van der Waals surface area contributed by atoms with E-state index in [9.17, 15) is 4.79 Å². The Kier molecular flexibility index (Phi) is 4.70. The highest BCUT2D eigenvalue weighted by Gasteiger charge is 2.21. The molecule has 3 aromatic rings. The Hall–Kier alpha value is -3.76. The van der Waals surface area contributed by atoms with Gasteiger partial charge in [-0.25, -0.2) is 9.98 Å². The molecule has 136 valence electrons. The average molecular weight is 389 g/mol. The van der Waals surface area contributed by atoms with Crippen LogP contribution in [-0.2, 0) is 11.3 Å². The normalized spacial score (nSPS) is 16.2. The van der Waals surface area contributed by atoms with E-state index >= 15 is 0 Å². The molecule has 1 fully saturated rings. The van der Waals surface area contributed by atoms with Crippen LogP contribution in [0.2, 0.25) is 5.02 Å². The van der Waals surface area contributed by atoms with Gasteiger partial charge in [-0.15, -0.1) is 0 Å². The van der Waals surface area contributed by atoms with E-state index in [1.165, 1.54) is 6.20 Å². The molecule has 0 spiro atoms. The number of guanidine groups is 1. The molecule has 28 heavy (non-hydrogen) atoms. The molecule has 0 atom stereocenters. The van der Waals surface area contributed by atoms with Crippen molar-refractivity contribution in [1.29, 1.82) is 5.26 Å². The second-order valence-electron chi connectivity index (χ2n) is 6.00. The number of amides is 1. The summed E-state index contributed by atoms with van der Waals surface area (Å²) in [5.74, 6) is 0.0501. The van der Waals surface area contributed by atoms with Crippen molar-refractivity contribution in [2.24, 2.45) is 4.99 Å². The molecule has 0 bridgehead atoms. The molecule has 0 saturated carbocycles. The number of fused-ring (bicyclic) bond motifs is 1. The molecule has 1 aliphatic rings. The fourth-order valence-corrected chi connectivity index (χ4v) is 2.87. The van der Waals surface area contributed by atoms with Gasteiger partial charge in [0.15, 0.2) is 0 Å². The molecule has 8 heteroatoms. The maximum Gasteiger partial charge on any atom is 0.274 e. The lowest BCUT2D eigenvalue weighted by atomic mass is 10.2. The van der Waals surface area contributed by atoms with E-state index in [1.807, 2.05) is 24.3 Å². The zero-order valence-corrected chi connectivity index (χ0v) is 15.2. The summed E-state index contributed by atoms with van der Waals surface area (Å²) in [6.45, 7) is 0.340. The summed E-state index contributed by atoms with van der Waals surface area (Å²) in [4.78, 5) is 25.2. The third-order valence-corrected chi connectivity index (χ3v) is 4.44. The highest BCUT2D eigenvalue weighted by atomic mass is 35.5. The van der Waals surface area contributed by atoms with Crippen molar-refractivity contribution < 1.29 is 4.79 Å². The van der Waals surface area contributed by atoms with Crippen LogP contribution in [0.4, 0.5) is 0 Å². The minimum absolute atomic E-state index is 0.302. The minimum atomic E-state index is -0.302. The first-order chi connectivity index (χ1) is 13.6. The van der Waals surface area contributed by atoms with E-state index in [0.29, 0.717) is 45.5 Å². The molecule has 2 N–H and O–H groups in total. The number of nitrogens with zero attached hydrogens (tertiary/aromatic N) is 4. The fraction of sp³-hybridized carbons (Fsp3) is 0.0500. The summed E-state index contributed by atoms with van der Waals surface area (Å²) in [5, 5.41) is 15.2. The summed E-state index contributed by atoms with van der Waals surface area (Å²) in [7, 11) is 0. The van der Waals surface area contributed by atoms with E-state index in [1.54, 1.807) is 30.3 Å². The van der Waals surface area contributed by atoms with Crippen molar-refractivity contribution in [1.82, 2.24) is 20.6 Å². The molecule has 0 radical (unpaired) electrons. The van der Waals surface area contributed by atoms with Crippen molar-refractivity contribution in [3.8, 4) is 6.07 Å². The molecule has 3 heterocycles. The summed E-state index contributed by atoms with van der Waals surface area (Å²) in [6.07, 6.45) is 3.11. The third kappa shape index (κ3) is 3.68. The maximum absolute atomic E-state index is 12.2. The molecular weight excluding hydrogens is 376 g/mol. The van der Waals surface area contributed by atoms with Crippen LogP contribution in [0.15, 0.2) is 59.4 Å². The third-order valence-electron chi connectivity index (χ3n) is 4.08. The molecule has 7 nitrogen and oxygen atoms in total. The lowest BCUT2D eigenvalue weighted by Gasteiger charge is -2.01. The quantitative estimate of drug-likeness (QED) is 0.671. The number of aliphatic imine (C=N–C) groups is 1. The van der Waals surface area contributed by atoms with Crippen LogP contribution < -0.4 is 10.6 Å². The van der Waals surface area contributed by atoms with E-state index < -0.39 is 0 Å². The summed E-state index contributed by atoms with van der Waals surface area (Å²) >= 11 is 6.12. The standard InChI is InChI=1S/C20H13ClN6O/c21-15-4-2-1-3-13(15)11-24-20-26-18(19(28)27-20)8-14-5-6-16-17(25-14)7-12(9-22)10-23-16/h1-8,10H,11H2,(H2,24,26,27,28)/b18-8-. The summed E-state index contributed by atoms with van der Waals surface area (Å²) in [5.41, 5.74) is 3.44. The Morgan fingerprint density at radius 1 is 1.18 bits per heavy atom. The van der Waals surface area contributed by atoms with Crippen LogP contribution in [0.5, 0.6) is 0 Å². The number of aromatic nitrogens is 2. The monoisotopic (exact) mass is 388 g/mol. The number of carbonyl (C=O) groups excluding carboxylic acids is 1. The first-order valence-corrected chi connectivity index (χ1v) is 8.75. The van der Waals surface area contributed by atoms with Gasteiger partial charge >= 0.3 is 0 Å². The van der Waals surface area contributed by atoms with Gasteiger partial charge in [0, 0.05) is 11.2 Å². The zero-order chi connectivity index (χ0) is 19.5. The number of nitriles is 1. The van der Waals surface area contributed by atoms with Gasteiger partial charge in [0.25, 0.3) is 5.91 Å². The fourth-order valence-electron chi connectivity index (χ4n) is 2.67. The zero-order valence-electron chi connectivity index (χ0n) is 14.5. The van der Waals surface area contributed by atoms with Gasteiger partial charge in [-0.3, -0.25) is 15.1 Å². The van der Waals surface area contributed by atoms with Gasteiger partial charge in [-0.1, -0.05) is 29.8 Å². The Labute approximate surface area is 165 Å². The Bertz CT molecular complexity index is 1190. The highest BCUT2D eigenvalue weighted by molar-refractivity contribution is 6.31. The van der Waals surface area contributed by atoms with Crippen molar-refractivity contribution in [3.63, 3.8) is 0 Å². The smallest absolute Gasteiger partial charge is 0.274 e. The van der Waals surface area contributed by atoms with Crippen LogP contribution in [0, 0.1) is 11.3 Å². The second kappa shape index (κ2) is 7.47. The molecule has 1 saturated heterocycles. The Morgan fingerprint density at radius 3 is 2.86 bits per heavy atom.